The van der Waals surface area contributed by atoms with Gasteiger partial charge in [0.1, 0.15) is 0 Å². The molecule has 0 aliphatic carbocycles. The third-order valence-electron chi connectivity index (χ3n) is 1.68. The van der Waals surface area contributed by atoms with Gasteiger partial charge in [-0.05, 0) is 25.2 Å². The number of nitrogens with one attached hydrogen (secondary N) is 2. The molecule has 0 aliphatic heterocycles. The molecule has 0 atom stereocenters. The number of halogens is 3. The van der Waals surface area contributed by atoms with Crippen LogP contribution in [0.4, 0.5) is 14.5 Å². The van der Waals surface area contributed by atoms with Gasteiger partial charge in [-0.15, -0.1) is 12.4 Å². The molecule has 7 heteroatoms. The first-order valence-corrected chi connectivity index (χ1v) is 5.49. The predicted octanol–water partition coefficient (Wildman–Crippen LogP) is 2.58. The number of carbonyl (C=O) groups is 1. The lowest BCUT2D eigenvalue weighted by Crippen LogP contribution is -2.24. The van der Waals surface area contributed by atoms with Crippen LogP contribution in [0.15, 0.2) is 29.2 Å². The quantitative estimate of drug-likeness (QED) is 0.816. The number of thioether (sulfide) groups is 1. The molecule has 0 radical (unpaired) electrons. The third-order valence-corrected chi connectivity index (χ3v) is 2.38. The normalized spacial score (nSPS) is 9.88. The van der Waals surface area contributed by atoms with Gasteiger partial charge in [-0.3, -0.25) is 4.79 Å². The SMILES string of the molecule is CNCC(=O)Nc1cccc(SC(F)F)c1.Cl. The van der Waals surface area contributed by atoms with E-state index >= 15 is 0 Å². The van der Waals surface area contributed by atoms with Gasteiger partial charge < -0.3 is 10.6 Å². The van der Waals surface area contributed by atoms with Crippen LogP contribution in [0.25, 0.3) is 0 Å². The molecule has 0 aliphatic rings. The van der Waals surface area contributed by atoms with Gasteiger partial charge >= 0.3 is 0 Å². The van der Waals surface area contributed by atoms with E-state index in [1.807, 2.05) is 0 Å². The van der Waals surface area contributed by atoms with Crippen LogP contribution < -0.4 is 10.6 Å². The Labute approximate surface area is 109 Å². The fourth-order valence-electron chi connectivity index (χ4n) is 1.12. The van der Waals surface area contributed by atoms with E-state index in [9.17, 15) is 13.6 Å². The van der Waals surface area contributed by atoms with Crippen LogP contribution in [-0.2, 0) is 4.79 Å². The maximum absolute atomic E-state index is 12.1. The van der Waals surface area contributed by atoms with Gasteiger partial charge in [-0.25, -0.2) is 0 Å². The van der Waals surface area contributed by atoms with Gasteiger partial charge in [0.05, 0.1) is 6.54 Å². The van der Waals surface area contributed by atoms with E-state index < -0.39 is 5.76 Å². The van der Waals surface area contributed by atoms with Crippen molar-refractivity contribution in [1.82, 2.24) is 5.32 Å². The molecule has 0 saturated carbocycles. The van der Waals surface area contributed by atoms with Gasteiger partial charge in [0, 0.05) is 10.6 Å². The van der Waals surface area contributed by atoms with Crippen LogP contribution in [0.1, 0.15) is 0 Å². The first-order valence-electron chi connectivity index (χ1n) is 4.61. The number of likely N-dealkylation sites (N-methyl/N-ethyl adjacent to an activating group) is 1. The molecule has 0 saturated heterocycles. The molecule has 0 bridgehead atoms. The summed E-state index contributed by atoms with van der Waals surface area (Å²) in [7, 11) is 1.66. The topological polar surface area (TPSA) is 41.1 Å². The number of carbonyl (C=O) groups excluding carboxylic acids is 1. The lowest BCUT2D eigenvalue weighted by molar-refractivity contribution is -0.115. The van der Waals surface area contributed by atoms with Crippen molar-refractivity contribution in [3.05, 3.63) is 24.3 Å². The highest BCUT2D eigenvalue weighted by Crippen LogP contribution is 2.26. The lowest BCUT2D eigenvalue weighted by atomic mass is 10.3. The molecule has 1 aromatic rings. The molecule has 0 fully saturated rings. The second-order valence-electron chi connectivity index (χ2n) is 2.98. The smallest absolute Gasteiger partial charge is 0.288 e. The Balaban J connectivity index is 0.00000256. The van der Waals surface area contributed by atoms with Gasteiger partial charge in [0.2, 0.25) is 5.91 Å². The van der Waals surface area contributed by atoms with E-state index in [2.05, 4.69) is 10.6 Å². The molecule has 3 nitrogen and oxygen atoms in total. The first-order chi connectivity index (χ1) is 7.61. The van der Waals surface area contributed by atoms with E-state index in [0.29, 0.717) is 22.3 Å². The molecule has 0 heterocycles. The molecule has 96 valence electrons. The summed E-state index contributed by atoms with van der Waals surface area (Å²) in [5, 5.41) is 5.29. The summed E-state index contributed by atoms with van der Waals surface area (Å²) < 4.78 is 24.2. The molecular weight excluding hydrogens is 270 g/mol. The first kappa shape index (κ1) is 16.1. The van der Waals surface area contributed by atoms with Crippen molar-refractivity contribution >= 4 is 35.8 Å². The predicted molar refractivity (Wildman–Crippen MR) is 68.1 cm³/mol. The fraction of sp³-hybridized carbons (Fsp3) is 0.300. The van der Waals surface area contributed by atoms with Gasteiger partial charge in [0.25, 0.3) is 5.76 Å². The van der Waals surface area contributed by atoms with Gasteiger partial charge in [0.15, 0.2) is 0 Å². The Morgan fingerprint density at radius 2 is 2.18 bits per heavy atom. The van der Waals surface area contributed by atoms with E-state index in [4.69, 9.17) is 0 Å². The summed E-state index contributed by atoms with van der Waals surface area (Å²) in [4.78, 5) is 11.6. The number of hydrogen-bond donors (Lipinski definition) is 2. The molecular formula is C10H13ClF2N2OS. The zero-order valence-electron chi connectivity index (χ0n) is 9.07. The Morgan fingerprint density at radius 1 is 1.47 bits per heavy atom. The molecule has 0 aromatic heterocycles. The number of amides is 1. The summed E-state index contributed by atoms with van der Waals surface area (Å²) >= 11 is 0.453. The second-order valence-corrected chi connectivity index (χ2v) is 4.05. The minimum Gasteiger partial charge on any atom is -0.325 e. The summed E-state index contributed by atoms with van der Waals surface area (Å²) in [6, 6.07) is 6.37. The minimum absolute atomic E-state index is 0. The van der Waals surface area contributed by atoms with Crippen molar-refractivity contribution < 1.29 is 13.6 Å². The number of hydrogen-bond acceptors (Lipinski definition) is 3. The average molecular weight is 283 g/mol. The van der Waals surface area contributed by atoms with E-state index in [1.54, 1.807) is 25.2 Å². The Bertz CT molecular complexity index is 366. The Hall–Kier alpha value is -0.850. The number of benzene rings is 1. The van der Waals surface area contributed by atoms with Crippen LogP contribution in [0.5, 0.6) is 0 Å². The zero-order chi connectivity index (χ0) is 12.0. The van der Waals surface area contributed by atoms with Crippen molar-refractivity contribution in [3.8, 4) is 0 Å². The monoisotopic (exact) mass is 282 g/mol. The van der Waals surface area contributed by atoms with Crippen LogP contribution in [0.3, 0.4) is 0 Å². The molecule has 17 heavy (non-hydrogen) atoms. The molecule has 2 N–H and O–H groups in total. The van der Waals surface area contributed by atoms with Crippen LogP contribution in [0, 0.1) is 0 Å². The lowest BCUT2D eigenvalue weighted by Gasteiger charge is -2.06. The highest BCUT2D eigenvalue weighted by Gasteiger charge is 2.06. The van der Waals surface area contributed by atoms with E-state index in [0.717, 1.165) is 0 Å². The Morgan fingerprint density at radius 3 is 2.76 bits per heavy atom. The van der Waals surface area contributed by atoms with Crippen LogP contribution in [0.2, 0.25) is 0 Å². The maximum Gasteiger partial charge on any atom is 0.288 e. The van der Waals surface area contributed by atoms with Gasteiger partial charge in [-0.2, -0.15) is 8.78 Å². The van der Waals surface area contributed by atoms with Crippen molar-refractivity contribution in [3.63, 3.8) is 0 Å². The fourth-order valence-corrected chi connectivity index (χ4v) is 1.67. The van der Waals surface area contributed by atoms with Crippen molar-refractivity contribution in [2.24, 2.45) is 0 Å². The van der Waals surface area contributed by atoms with Crippen molar-refractivity contribution in [2.75, 3.05) is 18.9 Å². The van der Waals surface area contributed by atoms with E-state index in [-0.39, 0.29) is 24.9 Å². The summed E-state index contributed by atoms with van der Waals surface area (Å²) in [5.74, 6) is -2.66. The molecule has 1 amide bonds. The molecule has 1 rings (SSSR count). The highest BCUT2D eigenvalue weighted by molar-refractivity contribution is 7.99. The summed E-state index contributed by atoms with van der Waals surface area (Å²) in [6.45, 7) is 0.187. The maximum atomic E-state index is 12.1. The largest absolute Gasteiger partial charge is 0.325 e. The summed E-state index contributed by atoms with van der Waals surface area (Å²) in [5.41, 5.74) is 0.519. The zero-order valence-corrected chi connectivity index (χ0v) is 10.7. The number of rotatable bonds is 5. The van der Waals surface area contributed by atoms with Crippen molar-refractivity contribution in [2.45, 2.75) is 10.7 Å². The second kappa shape index (κ2) is 8.27. The number of alkyl halides is 2. The number of anilines is 1. The molecule has 0 spiro atoms. The van der Waals surface area contributed by atoms with Crippen molar-refractivity contribution in [1.29, 1.82) is 0 Å². The summed E-state index contributed by atoms with van der Waals surface area (Å²) in [6.07, 6.45) is 0. The van der Waals surface area contributed by atoms with Crippen LogP contribution >= 0.6 is 24.2 Å². The minimum atomic E-state index is -2.46. The molecule has 1 aromatic carbocycles. The Kier molecular flexibility index (Phi) is 7.86. The van der Waals surface area contributed by atoms with E-state index in [1.165, 1.54) is 6.07 Å². The third kappa shape index (κ3) is 6.45. The standard InChI is InChI=1S/C10H12F2N2OS.ClH/c1-13-6-9(15)14-7-3-2-4-8(5-7)16-10(11)12;/h2-5,10,13H,6H2,1H3,(H,14,15);1H. The average Bonchev–Trinajstić information content (AvgIpc) is 2.17. The van der Waals surface area contributed by atoms with Crippen LogP contribution in [-0.4, -0.2) is 25.3 Å². The molecule has 0 unspecified atom stereocenters. The van der Waals surface area contributed by atoms with Gasteiger partial charge in [-0.1, -0.05) is 17.8 Å². The highest BCUT2D eigenvalue weighted by atomic mass is 35.5.